The predicted molar refractivity (Wildman–Crippen MR) is 88.6 cm³/mol. The first-order chi connectivity index (χ1) is 11.6. The zero-order chi connectivity index (χ0) is 17.1. The third kappa shape index (κ3) is 2.99. The van der Waals surface area contributed by atoms with Crippen LogP contribution in [-0.2, 0) is 13.1 Å². The Morgan fingerprint density at radius 3 is 2.71 bits per heavy atom. The third-order valence-electron chi connectivity index (χ3n) is 3.93. The minimum atomic E-state index is -0.311. The van der Waals surface area contributed by atoms with Gasteiger partial charge in [-0.15, -0.1) is 0 Å². The maximum absolute atomic E-state index is 12.4. The lowest BCUT2D eigenvalue weighted by Crippen LogP contribution is -2.26. The summed E-state index contributed by atoms with van der Waals surface area (Å²) in [5, 5.41) is 8.08. The van der Waals surface area contributed by atoms with E-state index in [0.717, 1.165) is 11.1 Å². The van der Waals surface area contributed by atoms with Crippen molar-refractivity contribution in [3.63, 3.8) is 0 Å². The lowest BCUT2D eigenvalue weighted by atomic mass is 10.0. The molecule has 3 rings (SSSR count). The van der Waals surface area contributed by atoms with Crippen molar-refractivity contribution in [3.05, 3.63) is 70.3 Å². The smallest absolute Gasteiger partial charge is 0.252 e. The highest BCUT2D eigenvalue weighted by atomic mass is 16.2. The van der Waals surface area contributed by atoms with Crippen molar-refractivity contribution in [1.82, 2.24) is 16.0 Å². The number of carbonyl (C=O) groups excluding carboxylic acids is 3. The molecule has 0 saturated carbocycles. The molecule has 122 valence electrons. The van der Waals surface area contributed by atoms with Gasteiger partial charge >= 0.3 is 0 Å². The largest absolute Gasteiger partial charge is 0.355 e. The molecule has 0 unspecified atom stereocenters. The van der Waals surface area contributed by atoms with E-state index in [4.69, 9.17) is 0 Å². The van der Waals surface area contributed by atoms with Crippen molar-refractivity contribution in [1.29, 1.82) is 0 Å². The van der Waals surface area contributed by atoms with Crippen LogP contribution >= 0.6 is 0 Å². The topological polar surface area (TPSA) is 87.3 Å². The van der Waals surface area contributed by atoms with Crippen LogP contribution in [-0.4, -0.2) is 24.8 Å². The van der Waals surface area contributed by atoms with Gasteiger partial charge in [-0.3, -0.25) is 14.4 Å². The summed E-state index contributed by atoms with van der Waals surface area (Å²) in [5.74, 6) is -0.715. The highest BCUT2D eigenvalue weighted by molar-refractivity contribution is 6.09. The Morgan fingerprint density at radius 2 is 1.92 bits per heavy atom. The van der Waals surface area contributed by atoms with Crippen molar-refractivity contribution in [2.45, 2.75) is 13.1 Å². The first-order valence-electron chi connectivity index (χ1n) is 7.59. The lowest BCUT2D eigenvalue weighted by molar-refractivity contribution is 0.0925. The monoisotopic (exact) mass is 323 g/mol. The summed E-state index contributed by atoms with van der Waals surface area (Å²) in [7, 11) is 1.57. The molecule has 0 atom stereocenters. The van der Waals surface area contributed by atoms with Crippen molar-refractivity contribution in [2.75, 3.05) is 7.05 Å². The van der Waals surface area contributed by atoms with E-state index in [9.17, 15) is 14.4 Å². The van der Waals surface area contributed by atoms with E-state index in [-0.39, 0.29) is 24.3 Å². The maximum Gasteiger partial charge on any atom is 0.252 e. The van der Waals surface area contributed by atoms with E-state index in [0.29, 0.717) is 23.2 Å². The van der Waals surface area contributed by atoms with E-state index >= 15 is 0 Å². The molecule has 1 heterocycles. The van der Waals surface area contributed by atoms with Crippen LogP contribution in [0.25, 0.3) is 0 Å². The van der Waals surface area contributed by atoms with Gasteiger partial charge in [0.1, 0.15) is 0 Å². The zero-order valence-corrected chi connectivity index (χ0v) is 13.2. The molecule has 0 aliphatic carbocycles. The van der Waals surface area contributed by atoms with Gasteiger partial charge in [-0.25, -0.2) is 0 Å². The molecule has 0 saturated heterocycles. The van der Waals surface area contributed by atoms with Crippen molar-refractivity contribution in [2.24, 2.45) is 0 Å². The molecular formula is C18H17N3O3. The van der Waals surface area contributed by atoms with Crippen LogP contribution in [0, 0.1) is 0 Å². The molecule has 1 aliphatic rings. The SMILES string of the molecule is CNC(=O)c1cccc(CNC(=O)c2cccc3c2C(=O)NC3)c1. The fourth-order valence-corrected chi connectivity index (χ4v) is 2.71. The molecule has 0 radical (unpaired) electrons. The van der Waals surface area contributed by atoms with E-state index in [2.05, 4.69) is 16.0 Å². The second-order valence-corrected chi connectivity index (χ2v) is 5.48. The Bertz CT molecular complexity index is 830. The minimum Gasteiger partial charge on any atom is -0.355 e. The number of benzene rings is 2. The highest BCUT2D eigenvalue weighted by Crippen LogP contribution is 2.20. The molecule has 3 amide bonds. The quantitative estimate of drug-likeness (QED) is 0.790. The second-order valence-electron chi connectivity index (χ2n) is 5.48. The Balaban J connectivity index is 1.74. The van der Waals surface area contributed by atoms with Gasteiger partial charge in [0.05, 0.1) is 11.1 Å². The second kappa shape index (κ2) is 6.54. The van der Waals surface area contributed by atoms with Crippen molar-refractivity contribution >= 4 is 17.7 Å². The van der Waals surface area contributed by atoms with Crippen LogP contribution in [0.2, 0.25) is 0 Å². The van der Waals surface area contributed by atoms with E-state index in [1.165, 1.54) is 0 Å². The van der Waals surface area contributed by atoms with Crippen LogP contribution in [0.4, 0.5) is 0 Å². The van der Waals surface area contributed by atoms with Crippen LogP contribution < -0.4 is 16.0 Å². The molecule has 6 nitrogen and oxygen atoms in total. The molecule has 2 aromatic rings. The summed E-state index contributed by atoms with van der Waals surface area (Å²) in [6.45, 7) is 0.721. The molecule has 0 bridgehead atoms. The van der Waals surface area contributed by atoms with E-state index < -0.39 is 0 Å². The van der Waals surface area contributed by atoms with Gasteiger partial charge in [0.25, 0.3) is 17.7 Å². The predicted octanol–water partition coefficient (Wildman–Crippen LogP) is 1.22. The number of nitrogens with one attached hydrogen (secondary N) is 3. The fourth-order valence-electron chi connectivity index (χ4n) is 2.71. The summed E-state index contributed by atoms with van der Waals surface area (Å²) in [4.78, 5) is 36.0. The van der Waals surface area contributed by atoms with Crippen LogP contribution in [0.15, 0.2) is 42.5 Å². The van der Waals surface area contributed by atoms with Crippen LogP contribution in [0.1, 0.15) is 42.2 Å². The Morgan fingerprint density at radius 1 is 1.12 bits per heavy atom. The standard InChI is InChI=1S/C18H17N3O3/c1-19-16(22)12-5-2-4-11(8-12)9-20-17(23)14-7-3-6-13-10-21-18(24)15(13)14/h2-8H,9-10H2,1H3,(H,19,22)(H,20,23)(H,21,24). The number of amides is 3. The number of carbonyl (C=O) groups is 3. The fraction of sp³-hybridized carbons (Fsp3) is 0.167. The summed E-state index contributed by atoms with van der Waals surface area (Å²) in [5.41, 5.74) is 2.97. The Labute approximate surface area is 139 Å². The summed E-state index contributed by atoms with van der Waals surface area (Å²) in [6.07, 6.45) is 0. The molecule has 1 aliphatic heterocycles. The average molecular weight is 323 g/mol. The average Bonchev–Trinajstić information content (AvgIpc) is 3.00. The minimum absolute atomic E-state index is 0.180. The maximum atomic E-state index is 12.4. The van der Waals surface area contributed by atoms with Gasteiger partial charge < -0.3 is 16.0 Å². The number of hydrogen-bond donors (Lipinski definition) is 3. The molecule has 24 heavy (non-hydrogen) atoms. The molecule has 0 aromatic heterocycles. The van der Waals surface area contributed by atoms with Gasteiger partial charge in [-0.2, -0.15) is 0 Å². The van der Waals surface area contributed by atoms with Crippen molar-refractivity contribution < 1.29 is 14.4 Å². The number of fused-ring (bicyclic) bond motifs is 1. The van der Waals surface area contributed by atoms with Gasteiger partial charge in [-0.05, 0) is 29.3 Å². The zero-order valence-electron chi connectivity index (χ0n) is 13.2. The molecule has 3 N–H and O–H groups in total. The normalized spacial score (nSPS) is 12.3. The van der Waals surface area contributed by atoms with Gasteiger partial charge in [-0.1, -0.05) is 24.3 Å². The summed E-state index contributed by atoms with van der Waals surface area (Å²) >= 11 is 0. The lowest BCUT2D eigenvalue weighted by Gasteiger charge is -2.09. The number of hydrogen-bond acceptors (Lipinski definition) is 3. The summed E-state index contributed by atoms with van der Waals surface area (Å²) in [6, 6.07) is 12.3. The Kier molecular flexibility index (Phi) is 4.29. The molecule has 2 aromatic carbocycles. The molecule has 0 spiro atoms. The Hall–Kier alpha value is -3.15. The van der Waals surface area contributed by atoms with E-state index in [1.807, 2.05) is 12.1 Å². The van der Waals surface area contributed by atoms with E-state index in [1.54, 1.807) is 37.4 Å². The first kappa shape index (κ1) is 15.7. The van der Waals surface area contributed by atoms with Crippen LogP contribution in [0.3, 0.4) is 0 Å². The molecular weight excluding hydrogens is 306 g/mol. The molecule has 0 fully saturated rings. The van der Waals surface area contributed by atoms with Crippen molar-refractivity contribution in [3.8, 4) is 0 Å². The highest BCUT2D eigenvalue weighted by Gasteiger charge is 2.25. The van der Waals surface area contributed by atoms with Gasteiger partial charge in [0.2, 0.25) is 0 Å². The van der Waals surface area contributed by atoms with Crippen LogP contribution in [0.5, 0.6) is 0 Å². The van der Waals surface area contributed by atoms with Gasteiger partial charge in [0, 0.05) is 25.7 Å². The first-order valence-corrected chi connectivity index (χ1v) is 7.59. The summed E-state index contributed by atoms with van der Waals surface area (Å²) < 4.78 is 0. The third-order valence-corrected chi connectivity index (χ3v) is 3.93. The van der Waals surface area contributed by atoms with Gasteiger partial charge in [0.15, 0.2) is 0 Å². The molecule has 6 heteroatoms. The number of rotatable bonds is 4.